The van der Waals surface area contributed by atoms with Crippen LogP contribution in [0.5, 0.6) is 0 Å². The zero-order valence-corrected chi connectivity index (χ0v) is 17.6. The van der Waals surface area contributed by atoms with Gasteiger partial charge in [-0.15, -0.1) is 0 Å². The molecule has 0 bridgehead atoms. The summed E-state index contributed by atoms with van der Waals surface area (Å²) in [5.41, 5.74) is 3.35. The lowest BCUT2D eigenvalue weighted by atomic mass is 9.82. The van der Waals surface area contributed by atoms with Crippen LogP contribution in [0.25, 0.3) is 0 Å². The molecule has 1 aliphatic rings. The number of cyclic esters (lactones) is 2. The van der Waals surface area contributed by atoms with E-state index in [4.69, 9.17) is 4.74 Å². The summed E-state index contributed by atoms with van der Waals surface area (Å²) in [5, 5.41) is 0. The second-order valence-corrected chi connectivity index (χ2v) is 8.04. The molecule has 0 aliphatic carbocycles. The minimum Gasteiger partial charge on any atom is -0.386 e. The van der Waals surface area contributed by atoms with Gasteiger partial charge < -0.3 is 4.74 Å². The van der Waals surface area contributed by atoms with E-state index in [0.717, 1.165) is 31.2 Å². The highest BCUT2D eigenvalue weighted by atomic mass is 16.6. The molecular weight excluding hydrogens is 336 g/mol. The van der Waals surface area contributed by atoms with Crippen LogP contribution in [-0.4, -0.2) is 11.9 Å². The number of carbonyl (C=O) groups excluding carboxylic acids is 2. The molecule has 0 amide bonds. The fraction of sp³-hybridized carbons (Fsp3) is 0.667. The highest BCUT2D eigenvalue weighted by Crippen LogP contribution is 2.32. The van der Waals surface area contributed by atoms with Crippen molar-refractivity contribution < 1.29 is 14.3 Å². The third-order valence-electron chi connectivity index (χ3n) is 6.11. The molecule has 2 atom stereocenters. The zero-order chi connectivity index (χ0) is 19.8. The normalized spacial score (nSPS) is 15.6. The second kappa shape index (κ2) is 10.6. The van der Waals surface area contributed by atoms with E-state index in [0.29, 0.717) is 23.0 Å². The van der Waals surface area contributed by atoms with Gasteiger partial charge in [-0.2, -0.15) is 0 Å². The van der Waals surface area contributed by atoms with Crippen LogP contribution in [0.1, 0.15) is 111 Å². The van der Waals surface area contributed by atoms with Gasteiger partial charge in [0.25, 0.3) is 0 Å². The smallest absolute Gasteiger partial charge is 0.347 e. The summed E-state index contributed by atoms with van der Waals surface area (Å²) in [5.74, 6) is 0.251. The Kier molecular flexibility index (Phi) is 8.53. The molecule has 0 fully saturated rings. The molecule has 3 heteroatoms. The van der Waals surface area contributed by atoms with Crippen LogP contribution in [0, 0.1) is 11.8 Å². The van der Waals surface area contributed by atoms with Crippen LogP contribution < -0.4 is 0 Å². The van der Waals surface area contributed by atoms with Gasteiger partial charge in [-0.1, -0.05) is 85.1 Å². The Morgan fingerprint density at radius 1 is 0.815 bits per heavy atom. The molecule has 0 aromatic heterocycles. The molecule has 2 unspecified atom stereocenters. The first kappa shape index (κ1) is 21.7. The maximum absolute atomic E-state index is 12.4. The first-order valence-electron chi connectivity index (χ1n) is 11.0. The van der Waals surface area contributed by atoms with Crippen molar-refractivity contribution in [2.75, 3.05) is 0 Å². The van der Waals surface area contributed by atoms with E-state index in [-0.39, 0.29) is 0 Å². The molecule has 3 nitrogen and oxygen atoms in total. The van der Waals surface area contributed by atoms with Crippen LogP contribution in [0.15, 0.2) is 12.1 Å². The van der Waals surface area contributed by atoms with Gasteiger partial charge in [0, 0.05) is 0 Å². The van der Waals surface area contributed by atoms with E-state index in [1.54, 1.807) is 6.07 Å². The first-order valence-corrected chi connectivity index (χ1v) is 11.0. The standard InChI is InChI=1S/C24H36O3/c1-5-9-11-17(7-3)15-19-13-14-20-22(24(26)27-23(20)25)21(19)16-18(8-4)12-10-6-2/h13-14,17-18H,5-12,15-16H2,1-4H3. The van der Waals surface area contributed by atoms with Crippen molar-refractivity contribution in [2.45, 2.75) is 91.9 Å². The monoisotopic (exact) mass is 372 g/mol. The molecule has 1 aromatic carbocycles. The number of rotatable bonds is 12. The van der Waals surface area contributed by atoms with Gasteiger partial charge in [0.1, 0.15) is 0 Å². The summed E-state index contributed by atoms with van der Waals surface area (Å²) >= 11 is 0. The van der Waals surface area contributed by atoms with Gasteiger partial charge >= 0.3 is 11.9 Å². The summed E-state index contributed by atoms with van der Waals surface area (Å²) in [6.45, 7) is 8.92. The minimum atomic E-state index is -0.484. The molecule has 27 heavy (non-hydrogen) atoms. The quantitative estimate of drug-likeness (QED) is 0.310. The van der Waals surface area contributed by atoms with E-state index < -0.39 is 11.9 Å². The predicted octanol–water partition coefficient (Wildman–Crippen LogP) is 6.52. The molecule has 1 aliphatic heterocycles. The van der Waals surface area contributed by atoms with Crippen molar-refractivity contribution in [3.05, 3.63) is 34.4 Å². The Hall–Kier alpha value is -1.64. The molecule has 1 aromatic rings. The maximum Gasteiger partial charge on any atom is 0.347 e. The Labute approximate surface area is 164 Å². The average molecular weight is 373 g/mol. The molecule has 0 saturated heterocycles. The summed E-state index contributed by atoms with van der Waals surface area (Å²) in [6.07, 6.45) is 11.4. The molecule has 0 N–H and O–H groups in total. The summed E-state index contributed by atoms with van der Waals surface area (Å²) in [4.78, 5) is 24.5. The number of unbranched alkanes of at least 4 members (excludes halogenated alkanes) is 2. The van der Waals surface area contributed by atoms with Gasteiger partial charge in [0.2, 0.25) is 0 Å². The first-order chi connectivity index (χ1) is 13.0. The molecular formula is C24H36O3. The third-order valence-corrected chi connectivity index (χ3v) is 6.11. The highest BCUT2D eigenvalue weighted by Gasteiger charge is 2.34. The van der Waals surface area contributed by atoms with Gasteiger partial charge in [-0.25, -0.2) is 9.59 Å². The number of carbonyl (C=O) groups is 2. The van der Waals surface area contributed by atoms with Crippen LogP contribution >= 0.6 is 0 Å². The summed E-state index contributed by atoms with van der Waals surface area (Å²) < 4.78 is 4.94. The van der Waals surface area contributed by atoms with E-state index in [9.17, 15) is 9.59 Å². The van der Waals surface area contributed by atoms with Crippen molar-refractivity contribution in [3.8, 4) is 0 Å². The lowest BCUT2D eigenvalue weighted by Gasteiger charge is -2.21. The number of esters is 2. The minimum absolute atomic E-state index is 0.446. The number of hydrogen-bond acceptors (Lipinski definition) is 3. The van der Waals surface area contributed by atoms with E-state index in [1.807, 2.05) is 0 Å². The summed E-state index contributed by atoms with van der Waals surface area (Å²) in [7, 11) is 0. The van der Waals surface area contributed by atoms with Gasteiger partial charge in [0.15, 0.2) is 0 Å². The maximum atomic E-state index is 12.4. The lowest BCUT2D eigenvalue weighted by Crippen LogP contribution is -2.13. The number of hydrogen-bond donors (Lipinski definition) is 0. The predicted molar refractivity (Wildman–Crippen MR) is 110 cm³/mol. The van der Waals surface area contributed by atoms with Crippen molar-refractivity contribution in [3.63, 3.8) is 0 Å². The summed E-state index contributed by atoms with van der Waals surface area (Å²) in [6, 6.07) is 3.89. The van der Waals surface area contributed by atoms with Gasteiger partial charge in [-0.3, -0.25) is 0 Å². The lowest BCUT2D eigenvalue weighted by molar-refractivity contribution is 0.0443. The topological polar surface area (TPSA) is 43.4 Å². The Bertz CT molecular complexity index is 647. The van der Waals surface area contributed by atoms with E-state index in [2.05, 4.69) is 33.8 Å². The van der Waals surface area contributed by atoms with Crippen molar-refractivity contribution in [1.82, 2.24) is 0 Å². The average Bonchev–Trinajstić information content (AvgIpc) is 2.96. The van der Waals surface area contributed by atoms with Crippen molar-refractivity contribution >= 4 is 11.9 Å². The fourth-order valence-electron chi connectivity index (χ4n) is 4.20. The highest BCUT2D eigenvalue weighted by molar-refractivity contribution is 6.15. The molecule has 150 valence electrons. The Morgan fingerprint density at radius 2 is 1.41 bits per heavy atom. The fourth-order valence-corrected chi connectivity index (χ4v) is 4.20. The van der Waals surface area contributed by atoms with Crippen molar-refractivity contribution in [1.29, 1.82) is 0 Å². The molecule has 1 heterocycles. The number of fused-ring (bicyclic) bond motifs is 1. The van der Waals surface area contributed by atoms with Crippen LogP contribution in [0.2, 0.25) is 0 Å². The number of benzene rings is 1. The van der Waals surface area contributed by atoms with Crippen LogP contribution in [0.3, 0.4) is 0 Å². The zero-order valence-electron chi connectivity index (χ0n) is 17.6. The Morgan fingerprint density at radius 3 is 1.96 bits per heavy atom. The van der Waals surface area contributed by atoms with E-state index in [1.165, 1.54) is 44.1 Å². The second-order valence-electron chi connectivity index (χ2n) is 8.04. The third kappa shape index (κ3) is 5.43. The molecule has 0 saturated carbocycles. The largest absolute Gasteiger partial charge is 0.386 e. The van der Waals surface area contributed by atoms with E-state index >= 15 is 0 Å². The van der Waals surface area contributed by atoms with Crippen LogP contribution in [0.4, 0.5) is 0 Å². The van der Waals surface area contributed by atoms with Gasteiger partial charge in [-0.05, 0) is 41.9 Å². The molecule has 2 rings (SSSR count). The number of ether oxygens (including phenoxy) is 1. The van der Waals surface area contributed by atoms with Gasteiger partial charge in [0.05, 0.1) is 11.1 Å². The molecule has 0 spiro atoms. The molecule has 0 radical (unpaired) electrons. The van der Waals surface area contributed by atoms with Crippen molar-refractivity contribution in [2.24, 2.45) is 11.8 Å². The Balaban J connectivity index is 2.36. The SMILES string of the molecule is CCCCC(CC)Cc1ccc2c(c1CC(CC)CCCC)C(=O)OC2=O. The van der Waals surface area contributed by atoms with Crippen LogP contribution in [-0.2, 0) is 17.6 Å².